The van der Waals surface area contributed by atoms with Gasteiger partial charge >= 0.3 is 0 Å². The molecule has 3 heteroatoms. The highest BCUT2D eigenvalue weighted by atomic mass is 16.5. The molecule has 3 rings (SSSR count). The predicted octanol–water partition coefficient (Wildman–Crippen LogP) is 3.43. The maximum absolute atomic E-state index is 5.29. The fraction of sp³-hybridized carbons (Fsp3) is 0.389. The number of rotatable bonds is 5. The molecule has 0 spiro atoms. The molecule has 0 bridgehead atoms. The van der Waals surface area contributed by atoms with Crippen LogP contribution in [0.1, 0.15) is 41.6 Å². The molecule has 0 radical (unpaired) electrons. The summed E-state index contributed by atoms with van der Waals surface area (Å²) in [4.78, 5) is 4.23. The first-order chi connectivity index (χ1) is 10.3. The topological polar surface area (TPSA) is 34.1 Å². The average molecular weight is 282 g/mol. The van der Waals surface area contributed by atoms with E-state index in [1.54, 1.807) is 13.3 Å². The highest BCUT2D eigenvalue weighted by Crippen LogP contribution is 2.25. The molecule has 110 valence electrons. The Labute approximate surface area is 126 Å². The molecule has 0 fully saturated rings. The van der Waals surface area contributed by atoms with Crippen LogP contribution in [-0.2, 0) is 19.4 Å². The zero-order valence-corrected chi connectivity index (χ0v) is 12.7. The van der Waals surface area contributed by atoms with Gasteiger partial charge in [-0.3, -0.25) is 0 Å². The van der Waals surface area contributed by atoms with Crippen LogP contribution in [0.25, 0.3) is 0 Å². The Morgan fingerprint density at radius 2 is 2.10 bits per heavy atom. The third-order valence-corrected chi connectivity index (χ3v) is 4.26. The number of hydrogen-bond acceptors (Lipinski definition) is 3. The van der Waals surface area contributed by atoms with E-state index in [9.17, 15) is 0 Å². The third kappa shape index (κ3) is 3.08. The summed E-state index contributed by atoms with van der Waals surface area (Å²) >= 11 is 0. The van der Waals surface area contributed by atoms with Crippen molar-refractivity contribution < 1.29 is 4.74 Å². The predicted molar refractivity (Wildman–Crippen MR) is 84.5 cm³/mol. The minimum Gasteiger partial charge on any atom is -0.481 e. The van der Waals surface area contributed by atoms with E-state index in [1.165, 1.54) is 36.0 Å². The second-order valence-electron chi connectivity index (χ2n) is 5.66. The minimum absolute atomic E-state index is 0.320. The fourth-order valence-electron chi connectivity index (χ4n) is 2.98. The Morgan fingerprint density at radius 1 is 1.24 bits per heavy atom. The minimum atomic E-state index is 0.320. The first-order valence-corrected chi connectivity index (χ1v) is 7.61. The van der Waals surface area contributed by atoms with Crippen molar-refractivity contribution in [1.82, 2.24) is 10.3 Å². The summed E-state index contributed by atoms with van der Waals surface area (Å²) in [5, 5.41) is 3.56. The number of methoxy groups -OCH3 is 1. The van der Waals surface area contributed by atoms with Crippen LogP contribution < -0.4 is 10.1 Å². The molecule has 1 unspecified atom stereocenters. The van der Waals surface area contributed by atoms with Crippen molar-refractivity contribution in [1.29, 1.82) is 0 Å². The number of aromatic nitrogens is 1. The van der Waals surface area contributed by atoms with Gasteiger partial charge in [0.25, 0.3) is 0 Å². The molecule has 1 aliphatic carbocycles. The molecule has 3 nitrogen and oxygen atoms in total. The van der Waals surface area contributed by atoms with Gasteiger partial charge in [-0.2, -0.15) is 0 Å². The lowest BCUT2D eigenvalue weighted by Gasteiger charge is -2.16. The number of pyridine rings is 1. The largest absolute Gasteiger partial charge is 0.481 e. The lowest BCUT2D eigenvalue weighted by Crippen LogP contribution is -2.18. The van der Waals surface area contributed by atoms with Gasteiger partial charge in [0, 0.05) is 24.3 Å². The molecule has 21 heavy (non-hydrogen) atoms. The Bertz CT molecular complexity index is 624. The molecule has 0 saturated carbocycles. The summed E-state index contributed by atoms with van der Waals surface area (Å²) in [7, 11) is 1.66. The van der Waals surface area contributed by atoms with Gasteiger partial charge in [0.15, 0.2) is 0 Å². The van der Waals surface area contributed by atoms with E-state index in [-0.39, 0.29) is 0 Å². The molecule has 1 heterocycles. The van der Waals surface area contributed by atoms with Crippen LogP contribution in [0.3, 0.4) is 0 Å². The summed E-state index contributed by atoms with van der Waals surface area (Å²) < 4.78 is 5.29. The Kier molecular flexibility index (Phi) is 4.20. The Morgan fingerprint density at radius 3 is 2.95 bits per heavy atom. The Hall–Kier alpha value is -1.87. The SMILES string of the molecule is COc1ncccc1CNC(C)c1ccc2c(c1)CCC2. The molecule has 0 saturated heterocycles. The Balaban J connectivity index is 1.67. The van der Waals surface area contributed by atoms with E-state index in [1.807, 2.05) is 12.1 Å². The quantitative estimate of drug-likeness (QED) is 0.912. The van der Waals surface area contributed by atoms with Crippen LogP contribution in [0.4, 0.5) is 0 Å². The summed E-state index contributed by atoms with van der Waals surface area (Å²) in [6.45, 7) is 2.97. The van der Waals surface area contributed by atoms with Gasteiger partial charge in [-0.25, -0.2) is 4.98 Å². The first kappa shape index (κ1) is 14.1. The van der Waals surface area contributed by atoms with E-state index in [2.05, 4.69) is 35.4 Å². The molecule has 0 amide bonds. The highest BCUT2D eigenvalue weighted by Gasteiger charge is 2.13. The van der Waals surface area contributed by atoms with E-state index in [0.29, 0.717) is 11.9 Å². The van der Waals surface area contributed by atoms with Gasteiger partial charge in [0.1, 0.15) is 0 Å². The molecule has 2 aromatic rings. The first-order valence-electron chi connectivity index (χ1n) is 7.61. The number of benzene rings is 1. The number of nitrogens with zero attached hydrogens (tertiary/aromatic N) is 1. The number of hydrogen-bond donors (Lipinski definition) is 1. The summed E-state index contributed by atoms with van der Waals surface area (Å²) in [6, 6.07) is 11.2. The second-order valence-corrected chi connectivity index (χ2v) is 5.66. The van der Waals surface area contributed by atoms with Crippen LogP contribution in [0.2, 0.25) is 0 Å². The van der Waals surface area contributed by atoms with Crippen LogP contribution in [0.5, 0.6) is 5.88 Å². The van der Waals surface area contributed by atoms with Gasteiger partial charge in [-0.05, 0) is 48.9 Å². The van der Waals surface area contributed by atoms with Gasteiger partial charge in [-0.15, -0.1) is 0 Å². The monoisotopic (exact) mass is 282 g/mol. The zero-order valence-electron chi connectivity index (χ0n) is 12.7. The lowest BCUT2D eigenvalue weighted by molar-refractivity contribution is 0.389. The molecular formula is C18H22N2O. The summed E-state index contributed by atoms with van der Waals surface area (Å²) in [5.74, 6) is 0.700. The number of fused-ring (bicyclic) bond motifs is 1. The fourth-order valence-corrected chi connectivity index (χ4v) is 2.98. The molecule has 1 N–H and O–H groups in total. The van der Waals surface area contributed by atoms with Crippen molar-refractivity contribution in [3.05, 3.63) is 58.8 Å². The normalized spacial score (nSPS) is 14.8. The molecule has 1 aromatic heterocycles. The van der Waals surface area contributed by atoms with E-state index >= 15 is 0 Å². The third-order valence-electron chi connectivity index (χ3n) is 4.26. The van der Waals surface area contributed by atoms with Crippen molar-refractivity contribution in [3.8, 4) is 5.88 Å². The summed E-state index contributed by atoms with van der Waals surface area (Å²) in [6.07, 6.45) is 5.52. The molecule has 1 atom stereocenters. The summed E-state index contributed by atoms with van der Waals surface area (Å²) in [5.41, 5.74) is 5.51. The van der Waals surface area contributed by atoms with Gasteiger partial charge in [0.2, 0.25) is 5.88 Å². The molecule has 0 aliphatic heterocycles. The van der Waals surface area contributed by atoms with Crippen molar-refractivity contribution in [2.24, 2.45) is 0 Å². The van der Waals surface area contributed by atoms with E-state index in [0.717, 1.165) is 12.1 Å². The zero-order chi connectivity index (χ0) is 14.7. The molecule has 1 aliphatic rings. The molecule has 1 aromatic carbocycles. The van der Waals surface area contributed by atoms with Gasteiger partial charge < -0.3 is 10.1 Å². The smallest absolute Gasteiger partial charge is 0.217 e. The standard InChI is InChI=1S/C18H22N2O/c1-13(15-9-8-14-5-3-6-16(14)11-15)20-12-17-7-4-10-19-18(17)21-2/h4,7-11,13,20H,3,5-6,12H2,1-2H3. The number of ether oxygens (including phenoxy) is 1. The van der Waals surface area contributed by atoms with Crippen molar-refractivity contribution in [2.75, 3.05) is 7.11 Å². The van der Waals surface area contributed by atoms with Crippen LogP contribution in [-0.4, -0.2) is 12.1 Å². The highest BCUT2D eigenvalue weighted by molar-refractivity contribution is 5.36. The van der Waals surface area contributed by atoms with Gasteiger partial charge in [-0.1, -0.05) is 24.3 Å². The average Bonchev–Trinajstić information content (AvgIpc) is 3.00. The van der Waals surface area contributed by atoms with Crippen LogP contribution in [0, 0.1) is 0 Å². The maximum Gasteiger partial charge on any atom is 0.217 e. The lowest BCUT2D eigenvalue weighted by atomic mass is 10.0. The van der Waals surface area contributed by atoms with Crippen LogP contribution >= 0.6 is 0 Å². The van der Waals surface area contributed by atoms with Gasteiger partial charge in [0.05, 0.1) is 7.11 Å². The van der Waals surface area contributed by atoms with Crippen molar-refractivity contribution in [3.63, 3.8) is 0 Å². The number of nitrogens with one attached hydrogen (secondary N) is 1. The maximum atomic E-state index is 5.29. The second kappa shape index (κ2) is 6.27. The van der Waals surface area contributed by atoms with E-state index < -0.39 is 0 Å². The van der Waals surface area contributed by atoms with Crippen LogP contribution in [0.15, 0.2) is 36.5 Å². The molecular weight excluding hydrogens is 260 g/mol. The van der Waals surface area contributed by atoms with E-state index in [4.69, 9.17) is 4.74 Å². The number of aryl methyl sites for hydroxylation is 2. The van der Waals surface area contributed by atoms with Crippen molar-refractivity contribution in [2.45, 2.75) is 38.8 Å². The van der Waals surface area contributed by atoms with Crippen molar-refractivity contribution >= 4 is 0 Å².